The summed E-state index contributed by atoms with van der Waals surface area (Å²) in [5, 5.41) is 0. The maximum Gasteiger partial charge on any atom is 0.0948 e. The van der Waals surface area contributed by atoms with Gasteiger partial charge in [0.05, 0.1) is 6.33 Å². The van der Waals surface area contributed by atoms with E-state index in [1.165, 1.54) is 95.5 Å². The predicted molar refractivity (Wildman–Crippen MR) is 135 cm³/mol. The summed E-state index contributed by atoms with van der Waals surface area (Å²) in [6, 6.07) is 11.6. The van der Waals surface area contributed by atoms with Crippen LogP contribution in [0.1, 0.15) is 116 Å². The highest BCUT2D eigenvalue weighted by Gasteiger charge is 2.25. The smallest absolute Gasteiger partial charge is 0.0948 e. The summed E-state index contributed by atoms with van der Waals surface area (Å²) >= 11 is 0. The van der Waals surface area contributed by atoms with Gasteiger partial charge in [-0.05, 0) is 30.2 Å². The molecular formula is C29H48N2. The van der Waals surface area contributed by atoms with Crippen LogP contribution in [-0.4, -0.2) is 9.55 Å². The molecule has 2 rings (SSSR count). The Balaban J connectivity index is 1.72. The van der Waals surface area contributed by atoms with Gasteiger partial charge in [-0.15, -0.1) is 0 Å². The highest BCUT2D eigenvalue weighted by atomic mass is 15.1. The van der Waals surface area contributed by atoms with E-state index in [1.807, 2.05) is 12.5 Å². The van der Waals surface area contributed by atoms with Crippen LogP contribution in [0.25, 0.3) is 0 Å². The Hall–Kier alpha value is -1.57. The van der Waals surface area contributed by atoms with Crippen LogP contribution in [0.5, 0.6) is 0 Å². The van der Waals surface area contributed by atoms with Crippen molar-refractivity contribution in [3.8, 4) is 0 Å². The Labute approximate surface area is 192 Å². The summed E-state index contributed by atoms with van der Waals surface area (Å²) in [4.78, 5) is 4.34. The molecule has 2 unspecified atom stereocenters. The molecular weight excluding hydrogens is 376 g/mol. The number of nitrogens with zero attached hydrogens (tertiary/aromatic N) is 2. The predicted octanol–water partition coefficient (Wildman–Crippen LogP) is 9.03. The molecule has 0 aliphatic heterocycles. The molecule has 0 saturated heterocycles. The monoisotopic (exact) mass is 424 g/mol. The molecule has 0 spiro atoms. The van der Waals surface area contributed by atoms with Gasteiger partial charge in [-0.1, -0.05) is 128 Å². The topological polar surface area (TPSA) is 17.8 Å². The molecule has 2 nitrogen and oxygen atoms in total. The van der Waals surface area contributed by atoms with Gasteiger partial charge in [0.25, 0.3) is 0 Å². The fourth-order valence-corrected chi connectivity index (χ4v) is 5.14. The summed E-state index contributed by atoms with van der Waals surface area (Å²) in [5.41, 5.74) is 1.47. The van der Waals surface area contributed by atoms with E-state index in [0.29, 0.717) is 17.9 Å². The number of benzene rings is 1. The fourth-order valence-electron chi connectivity index (χ4n) is 5.14. The lowest BCUT2D eigenvalue weighted by atomic mass is 9.82. The Bertz CT molecular complexity index is 632. The lowest BCUT2D eigenvalue weighted by Crippen LogP contribution is -2.25. The zero-order chi connectivity index (χ0) is 22.2. The first kappa shape index (κ1) is 25.7. The second-order valence-corrected chi connectivity index (χ2v) is 9.87. The van der Waals surface area contributed by atoms with Crippen molar-refractivity contribution in [3.05, 3.63) is 54.6 Å². The van der Waals surface area contributed by atoms with Crippen molar-refractivity contribution in [1.29, 1.82) is 0 Å². The van der Waals surface area contributed by atoms with Gasteiger partial charge in [-0.2, -0.15) is 0 Å². The lowest BCUT2D eigenvalue weighted by Gasteiger charge is -2.32. The molecule has 0 saturated carbocycles. The van der Waals surface area contributed by atoms with E-state index in [2.05, 4.69) is 66.9 Å². The summed E-state index contributed by atoms with van der Waals surface area (Å²) in [6.07, 6.45) is 25.6. The Morgan fingerprint density at radius 3 is 1.87 bits per heavy atom. The van der Waals surface area contributed by atoms with E-state index >= 15 is 0 Å². The van der Waals surface area contributed by atoms with Crippen molar-refractivity contribution in [3.63, 3.8) is 0 Å². The van der Waals surface area contributed by atoms with Crippen molar-refractivity contribution in [1.82, 2.24) is 9.55 Å². The number of imidazole rings is 1. The molecule has 0 N–H and O–H groups in total. The molecule has 1 aromatic heterocycles. The number of hydrogen-bond acceptors (Lipinski definition) is 1. The quantitative estimate of drug-likeness (QED) is 0.218. The maximum absolute atomic E-state index is 4.34. The van der Waals surface area contributed by atoms with Crippen LogP contribution in [0.15, 0.2) is 49.1 Å². The van der Waals surface area contributed by atoms with Crippen LogP contribution in [0.3, 0.4) is 0 Å². The first-order valence-electron chi connectivity index (χ1n) is 13.2. The zero-order valence-corrected chi connectivity index (χ0v) is 20.6. The molecule has 0 aliphatic rings. The van der Waals surface area contributed by atoms with Gasteiger partial charge in [0.15, 0.2) is 0 Å². The summed E-state index contributed by atoms with van der Waals surface area (Å²) in [5.74, 6) is 1.28. The van der Waals surface area contributed by atoms with Crippen molar-refractivity contribution in [2.45, 2.75) is 117 Å². The molecule has 0 aliphatic carbocycles. The molecule has 0 fully saturated rings. The van der Waals surface area contributed by atoms with Gasteiger partial charge < -0.3 is 4.57 Å². The number of rotatable bonds is 18. The van der Waals surface area contributed by atoms with Crippen molar-refractivity contribution >= 4 is 0 Å². The fraction of sp³-hybridized carbons (Fsp3) is 0.690. The van der Waals surface area contributed by atoms with E-state index in [0.717, 1.165) is 0 Å². The second kappa shape index (κ2) is 16.1. The first-order chi connectivity index (χ1) is 15.2. The summed E-state index contributed by atoms with van der Waals surface area (Å²) in [7, 11) is 0. The van der Waals surface area contributed by atoms with E-state index in [-0.39, 0.29) is 0 Å². The average molecular weight is 425 g/mol. The van der Waals surface area contributed by atoms with E-state index < -0.39 is 0 Å². The third kappa shape index (κ3) is 10.5. The molecule has 2 atom stereocenters. The van der Waals surface area contributed by atoms with Crippen LogP contribution in [0.2, 0.25) is 0 Å². The molecule has 2 aromatic rings. The first-order valence-corrected chi connectivity index (χ1v) is 13.2. The van der Waals surface area contributed by atoms with Crippen LogP contribution >= 0.6 is 0 Å². The minimum Gasteiger partial charge on any atom is -0.334 e. The SMILES string of the molecule is CCCCCCCCCCCCCCC(Cc1ccccc1)C(C(C)C)n1ccnc1. The minimum absolute atomic E-state index is 0.524. The van der Waals surface area contributed by atoms with E-state index in [4.69, 9.17) is 0 Å². The third-order valence-corrected chi connectivity index (χ3v) is 6.80. The average Bonchev–Trinajstić information content (AvgIpc) is 3.29. The van der Waals surface area contributed by atoms with Gasteiger partial charge >= 0.3 is 0 Å². The normalized spacial score (nSPS) is 13.5. The number of aromatic nitrogens is 2. The van der Waals surface area contributed by atoms with Crippen LogP contribution in [-0.2, 0) is 6.42 Å². The summed E-state index contributed by atoms with van der Waals surface area (Å²) in [6.45, 7) is 7.03. The third-order valence-electron chi connectivity index (χ3n) is 6.80. The van der Waals surface area contributed by atoms with Gasteiger partial charge in [0, 0.05) is 18.4 Å². The molecule has 1 heterocycles. The van der Waals surface area contributed by atoms with Crippen LogP contribution in [0, 0.1) is 11.8 Å². The highest BCUT2D eigenvalue weighted by molar-refractivity contribution is 5.15. The Kier molecular flexibility index (Phi) is 13.4. The van der Waals surface area contributed by atoms with E-state index in [9.17, 15) is 0 Å². The molecule has 174 valence electrons. The largest absolute Gasteiger partial charge is 0.334 e. The zero-order valence-electron chi connectivity index (χ0n) is 20.6. The molecule has 31 heavy (non-hydrogen) atoms. The maximum atomic E-state index is 4.34. The number of unbranched alkanes of at least 4 members (excludes halogenated alkanes) is 11. The Morgan fingerprint density at radius 1 is 0.774 bits per heavy atom. The van der Waals surface area contributed by atoms with Crippen molar-refractivity contribution < 1.29 is 0 Å². The van der Waals surface area contributed by atoms with Crippen molar-refractivity contribution in [2.24, 2.45) is 11.8 Å². The molecule has 0 radical (unpaired) electrons. The highest BCUT2D eigenvalue weighted by Crippen LogP contribution is 2.33. The lowest BCUT2D eigenvalue weighted by molar-refractivity contribution is 0.234. The molecule has 0 bridgehead atoms. The van der Waals surface area contributed by atoms with Gasteiger partial charge in [0.2, 0.25) is 0 Å². The molecule has 2 heteroatoms. The van der Waals surface area contributed by atoms with E-state index in [1.54, 1.807) is 0 Å². The van der Waals surface area contributed by atoms with Gasteiger partial charge in [0.1, 0.15) is 0 Å². The van der Waals surface area contributed by atoms with Gasteiger partial charge in [-0.3, -0.25) is 0 Å². The second-order valence-electron chi connectivity index (χ2n) is 9.87. The molecule has 1 aromatic carbocycles. The standard InChI is InChI=1S/C29H48N2/c1-4-5-6-7-8-9-10-11-12-13-14-18-21-28(24-27-19-16-15-17-20-27)29(26(2)3)31-23-22-30-25-31/h15-17,19-20,22-23,25-26,28-29H,4-14,18,21,24H2,1-3H3. The van der Waals surface area contributed by atoms with Crippen LogP contribution in [0.4, 0.5) is 0 Å². The van der Waals surface area contributed by atoms with Crippen LogP contribution < -0.4 is 0 Å². The minimum atomic E-state index is 0.524. The Morgan fingerprint density at radius 2 is 1.35 bits per heavy atom. The van der Waals surface area contributed by atoms with Crippen molar-refractivity contribution in [2.75, 3.05) is 0 Å². The van der Waals surface area contributed by atoms with Gasteiger partial charge in [-0.25, -0.2) is 4.98 Å². The molecule has 0 amide bonds. The summed E-state index contributed by atoms with van der Waals surface area (Å²) < 4.78 is 2.36. The number of hydrogen-bond donors (Lipinski definition) is 0.